The van der Waals surface area contributed by atoms with Gasteiger partial charge in [0.1, 0.15) is 0 Å². The SMILES string of the molecule is Cc1cc(C)c(NN=NC[Si](C)(C)C)c(C)c1. The minimum Gasteiger partial charge on any atom is -0.260 e. The highest BCUT2D eigenvalue weighted by Gasteiger charge is 2.11. The molecule has 0 saturated heterocycles. The number of hydrogen-bond donors (Lipinski definition) is 1. The molecule has 1 aromatic rings. The molecule has 0 fully saturated rings. The molecule has 0 aliphatic heterocycles. The number of nitrogens with zero attached hydrogens (tertiary/aromatic N) is 2. The molecule has 1 rings (SSSR count). The van der Waals surface area contributed by atoms with E-state index in [1.165, 1.54) is 16.7 Å². The van der Waals surface area contributed by atoms with Crippen LogP contribution in [-0.4, -0.2) is 14.2 Å². The molecule has 94 valence electrons. The lowest BCUT2D eigenvalue weighted by Crippen LogP contribution is -2.24. The third-order valence-electron chi connectivity index (χ3n) is 2.45. The van der Waals surface area contributed by atoms with Gasteiger partial charge in [0.2, 0.25) is 0 Å². The summed E-state index contributed by atoms with van der Waals surface area (Å²) in [6, 6.07) is 4.31. The fraction of sp³-hybridized carbons (Fsp3) is 0.538. The fourth-order valence-corrected chi connectivity index (χ4v) is 2.18. The zero-order valence-corrected chi connectivity index (χ0v) is 12.8. The number of anilines is 1. The zero-order chi connectivity index (χ0) is 13.1. The van der Waals surface area contributed by atoms with E-state index in [2.05, 4.69) is 68.3 Å². The van der Waals surface area contributed by atoms with Gasteiger partial charge in [0.15, 0.2) is 0 Å². The second-order valence-corrected chi connectivity index (χ2v) is 11.3. The van der Waals surface area contributed by atoms with Crippen LogP contribution in [0.1, 0.15) is 16.7 Å². The summed E-state index contributed by atoms with van der Waals surface area (Å²) in [5, 5.41) is 8.31. The van der Waals surface area contributed by atoms with E-state index in [-0.39, 0.29) is 0 Å². The van der Waals surface area contributed by atoms with Gasteiger partial charge in [0.25, 0.3) is 0 Å². The number of rotatable bonds is 4. The first-order valence-corrected chi connectivity index (χ1v) is 9.71. The maximum absolute atomic E-state index is 4.22. The van der Waals surface area contributed by atoms with E-state index < -0.39 is 8.07 Å². The predicted molar refractivity (Wildman–Crippen MR) is 77.3 cm³/mol. The summed E-state index contributed by atoms with van der Waals surface area (Å²) in [7, 11) is -1.13. The quantitative estimate of drug-likeness (QED) is 0.483. The van der Waals surface area contributed by atoms with Crippen molar-refractivity contribution in [1.82, 2.24) is 0 Å². The highest BCUT2D eigenvalue weighted by Crippen LogP contribution is 2.21. The van der Waals surface area contributed by atoms with Crippen LogP contribution in [0.15, 0.2) is 22.5 Å². The minimum absolute atomic E-state index is 0.865. The van der Waals surface area contributed by atoms with Crippen molar-refractivity contribution < 1.29 is 0 Å². The monoisotopic (exact) mass is 249 g/mol. The van der Waals surface area contributed by atoms with E-state index in [9.17, 15) is 0 Å². The van der Waals surface area contributed by atoms with E-state index in [1.54, 1.807) is 0 Å². The second kappa shape index (κ2) is 5.45. The minimum atomic E-state index is -1.13. The van der Waals surface area contributed by atoms with Gasteiger partial charge in [-0.1, -0.05) is 42.6 Å². The van der Waals surface area contributed by atoms with Crippen molar-refractivity contribution in [3.8, 4) is 0 Å². The molecular formula is C13H23N3Si. The number of aryl methyl sites for hydroxylation is 3. The summed E-state index contributed by atoms with van der Waals surface area (Å²) < 4.78 is 0. The lowest BCUT2D eigenvalue weighted by molar-refractivity contribution is 1.03. The van der Waals surface area contributed by atoms with E-state index in [1.807, 2.05) is 0 Å². The third kappa shape index (κ3) is 4.69. The molecular weight excluding hydrogens is 226 g/mol. The molecule has 0 spiro atoms. The third-order valence-corrected chi connectivity index (χ3v) is 3.54. The molecule has 0 aliphatic carbocycles. The second-order valence-electron chi connectivity index (χ2n) is 5.85. The average Bonchev–Trinajstić information content (AvgIpc) is 2.13. The van der Waals surface area contributed by atoms with E-state index >= 15 is 0 Å². The Morgan fingerprint density at radius 2 is 1.59 bits per heavy atom. The number of nitrogens with one attached hydrogen (secondary N) is 1. The Kier molecular flexibility index (Phi) is 4.45. The van der Waals surface area contributed by atoms with Gasteiger partial charge in [-0.25, -0.2) is 0 Å². The van der Waals surface area contributed by atoms with Crippen molar-refractivity contribution in [3.05, 3.63) is 28.8 Å². The summed E-state index contributed by atoms with van der Waals surface area (Å²) in [5.41, 5.74) is 7.86. The van der Waals surface area contributed by atoms with Crippen LogP contribution in [0.2, 0.25) is 19.6 Å². The Hall–Kier alpha value is -1.16. The van der Waals surface area contributed by atoms with Crippen molar-refractivity contribution >= 4 is 13.8 Å². The van der Waals surface area contributed by atoms with Crippen molar-refractivity contribution in [2.45, 2.75) is 40.4 Å². The van der Waals surface area contributed by atoms with Crippen LogP contribution in [-0.2, 0) is 0 Å². The highest BCUT2D eigenvalue weighted by atomic mass is 28.3. The van der Waals surface area contributed by atoms with Crippen molar-refractivity contribution in [2.75, 3.05) is 11.6 Å². The lowest BCUT2D eigenvalue weighted by atomic mass is 10.1. The lowest BCUT2D eigenvalue weighted by Gasteiger charge is -2.11. The predicted octanol–water partition coefficient (Wildman–Crippen LogP) is 4.27. The Labute approximate surface area is 105 Å². The largest absolute Gasteiger partial charge is 0.260 e. The molecule has 17 heavy (non-hydrogen) atoms. The summed E-state index contributed by atoms with van der Waals surface area (Å²) in [6.07, 6.45) is 0.865. The van der Waals surface area contributed by atoms with Gasteiger partial charge in [-0.3, -0.25) is 5.43 Å². The maximum atomic E-state index is 4.22. The topological polar surface area (TPSA) is 36.8 Å². The Bertz CT molecular complexity index is 396. The van der Waals surface area contributed by atoms with Crippen LogP contribution in [0.3, 0.4) is 0 Å². The van der Waals surface area contributed by atoms with Crippen LogP contribution in [0.25, 0.3) is 0 Å². The van der Waals surface area contributed by atoms with Gasteiger partial charge in [-0.2, -0.15) is 5.11 Å². The molecule has 0 aliphatic rings. The van der Waals surface area contributed by atoms with E-state index in [0.29, 0.717) is 0 Å². The first-order valence-electron chi connectivity index (χ1n) is 6.00. The molecule has 0 radical (unpaired) electrons. The van der Waals surface area contributed by atoms with Gasteiger partial charge < -0.3 is 0 Å². The molecule has 1 N–H and O–H groups in total. The van der Waals surface area contributed by atoms with Crippen LogP contribution in [0.4, 0.5) is 5.69 Å². The molecule has 0 bridgehead atoms. The maximum Gasteiger partial charge on any atom is 0.0717 e. The van der Waals surface area contributed by atoms with Gasteiger partial charge in [0, 0.05) is 0 Å². The first-order chi connectivity index (χ1) is 7.79. The normalized spacial score (nSPS) is 12.1. The Morgan fingerprint density at radius 3 is 2.06 bits per heavy atom. The smallest absolute Gasteiger partial charge is 0.0717 e. The average molecular weight is 249 g/mol. The molecule has 0 saturated carbocycles. The molecule has 0 amide bonds. The zero-order valence-electron chi connectivity index (χ0n) is 11.8. The van der Waals surface area contributed by atoms with Gasteiger partial charge in [0.05, 0.1) is 19.9 Å². The van der Waals surface area contributed by atoms with E-state index in [0.717, 1.165) is 11.9 Å². The Morgan fingerprint density at radius 1 is 1.06 bits per heavy atom. The van der Waals surface area contributed by atoms with Crippen molar-refractivity contribution in [2.24, 2.45) is 10.3 Å². The summed E-state index contributed by atoms with van der Waals surface area (Å²) >= 11 is 0. The van der Waals surface area contributed by atoms with Gasteiger partial charge in [-0.05, 0) is 31.9 Å². The molecule has 4 heteroatoms. The number of hydrogen-bond acceptors (Lipinski definition) is 2. The fourth-order valence-electron chi connectivity index (χ4n) is 1.69. The van der Waals surface area contributed by atoms with Crippen LogP contribution in [0, 0.1) is 20.8 Å². The van der Waals surface area contributed by atoms with Crippen molar-refractivity contribution in [3.63, 3.8) is 0 Å². The van der Waals surface area contributed by atoms with Gasteiger partial charge in [-0.15, -0.1) is 0 Å². The molecule has 0 atom stereocenters. The molecule has 0 aromatic heterocycles. The van der Waals surface area contributed by atoms with Gasteiger partial charge >= 0.3 is 0 Å². The van der Waals surface area contributed by atoms with Crippen LogP contribution in [0.5, 0.6) is 0 Å². The van der Waals surface area contributed by atoms with Crippen molar-refractivity contribution in [1.29, 1.82) is 0 Å². The summed E-state index contributed by atoms with van der Waals surface area (Å²) in [6.45, 7) is 13.2. The molecule has 1 aromatic carbocycles. The molecule has 0 unspecified atom stereocenters. The molecule has 3 nitrogen and oxygen atoms in total. The summed E-state index contributed by atoms with van der Waals surface area (Å²) in [4.78, 5) is 0. The summed E-state index contributed by atoms with van der Waals surface area (Å²) in [5.74, 6) is 0. The van der Waals surface area contributed by atoms with Crippen LogP contribution < -0.4 is 5.43 Å². The Balaban J connectivity index is 2.70. The van der Waals surface area contributed by atoms with E-state index in [4.69, 9.17) is 0 Å². The molecule has 0 heterocycles. The number of benzene rings is 1. The van der Waals surface area contributed by atoms with Crippen LogP contribution >= 0.6 is 0 Å². The standard InChI is InChI=1S/C13H23N3Si/c1-10-7-11(2)13(12(3)8-10)15-16-14-9-17(4,5)6/h7-8H,9H2,1-6H3,(H,14,15). The highest BCUT2D eigenvalue weighted by molar-refractivity contribution is 6.76. The first kappa shape index (κ1) is 13.9.